The number of urea groups is 1. The molecule has 1 atom stereocenters. The van der Waals surface area contributed by atoms with Crippen molar-refractivity contribution in [2.75, 3.05) is 5.32 Å². The maximum atomic E-state index is 11.6. The van der Waals surface area contributed by atoms with Gasteiger partial charge in [-0.15, -0.1) is 0 Å². The summed E-state index contributed by atoms with van der Waals surface area (Å²) in [7, 11) is 0. The lowest BCUT2D eigenvalue weighted by atomic mass is 10.1. The van der Waals surface area contributed by atoms with Crippen LogP contribution in [0.1, 0.15) is 5.56 Å². The minimum absolute atomic E-state index is 0.192. The summed E-state index contributed by atoms with van der Waals surface area (Å²) in [5, 5.41) is 20.9. The summed E-state index contributed by atoms with van der Waals surface area (Å²) in [5.41, 5.74) is 0.817. The third kappa shape index (κ3) is 3.99. The molecular formula is C11H11N5O3S. The second-order valence-electron chi connectivity index (χ2n) is 3.85. The minimum atomic E-state index is -1.11. The zero-order valence-corrected chi connectivity index (χ0v) is 11.0. The molecule has 20 heavy (non-hydrogen) atoms. The monoisotopic (exact) mass is 293 g/mol. The van der Waals surface area contributed by atoms with Gasteiger partial charge in [0.25, 0.3) is 0 Å². The van der Waals surface area contributed by atoms with Crippen molar-refractivity contribution in [1.82, 2.24) is 20.1 Å². The van der Waals surface area contributed by atoms with Crippen LogP contribution < -0.4 is 10.6 Å². The standard InChI is InChI=1S/C11H11N5O3S/c17-9(18)8(6-7-4-2-1-3-5-7)12-10(19)13-11-14-15-16-20-11/h1-5,8H,6H2,(H,17,18)(H2,12,13,14,16,19). The Kier molecular flexibility index (Phi) is 4.56. The van der Waals surface area contributed by atoms with Crippen LogP contribution in [0.15, 0.2) is 30.3 Å². The van der Waals surface area contributed by atoms with Gasteiger partial charge in [0.2, 0.25) is 5.13 Å². The van der Waals surface area contributed by atoms with Crippen molar-refractivity contribution in [2.45, 2.75) is 12.5 Å². The van der Waals surface area contributed by atoms with Crippen LogP contribution >= 0.6 is 11.5 Å². The molecule has 0 aliphatic heterocycles. The second kappa shape index (κ2) is 6.57. The summed E-state index contributed by atoms with van der Waals surface area (Å²) >= 11 is 0.899. The van der Waals surface area contributed by atoms with E-state index in [0.717, 1.165) is 17.1 Å². The Morgan fingerprint density at radius 3 is 2.65 bits per heavy atom. The van der Waals surface area contributed by atoms with Crippen molar-refractivity contribution >= 4 is 28.7 Å². The van der Waals surface area contributed by atoms with Gasteiger partial charge in [-0.3, -0.25) is 5.32 Å². The van der Waals surface area contributed by atoms with Crippen LogP contribution in [0.25, 0.3) is 0 Å². The van der Waals surface area contributed by atoms with E-state index >= 15 is 0 Å². The number of rotatable bonds is 5. The van der Waals surface area contributed by atoms with Gasteiger partial charge in [0.15, 0.2) is 0 Å². The molecule has 0 saturated heterocycles. The molecule has 1 unspecified atom stereocenters. The highest BCUT2D eigenvalue weighted by atomic mass is 32.1. The molecule has 2 amide bonds. The highest BCUT2D eigenvalue weighted by molar-refractivity contribution is 7.09. The first-order chi connectivity index (χ1) is 9.65. The molecular weight excluding hydrogens is 282 g/mol. The molecule has 1 heterocycles. The number of anilines is 1. The van der Waals surface area contributed by atoms with Gasteiger partial charge in [0.05, 0.1) is 0 Å². The van der Waals surface area contributed by atoms with Crippen molar-refractivity contribution < 1.29 is 14.7 Å². The topological polar surface area (TPSA) is 117 Å². The number of carbonyl (C=O) groups is 2. The smallest absolute Gasteiger partial charge is 0.326 e. The van der Waals surface area contributed by atoms with E-state index in [9.17, 15) is 9.59 Å². The minimum Gasteiger partial charge on any atom is -0.480 e. The third-order valence-electron chi connectivity index (χ3n) is 2.41. The molecule has 0 fully saturated rings. The number of nitrogens with one attached hydrogen (secondary N) is 2. The normalized spacial score (nSPS) is 11.6. The van der Waals surface area contributed by atoms with Gasteiger partial charge in [-0.1, -0.05) is 39.9 Å². The lowest BCUT2D eigenvalue weighted by Crippen LogP contribution is -2.44. The molecule has 9 heteroatoms. The zero-order valence-electron chi connectivity index (χ0n) is 10.2. The Bertz CT molecular complexity index is 575. The van der Waals surface area contributed by atoms with Crippen molar-refractivity contribution in [3.63, 3.8) is 0 Å². The van der Waals surface area contributed by atoms with E-state index in [2.05, 4.69) is 25.4 Å². The number of hydrogen-bond donors (Lipinski definition) is 3. The van der Waals surface area contributed by atoms with Gasteiger partial charge in [-0.2, -0.15) is 0 Å². The van der Waals surface area contributed by atoms with Gasteiger partial charge < -0.3 is 10.4 Å². The SMILES string of the molecule is O=C(Nc1nnns1)NC(Cc1ccccc1)C(=O)O. The first-order valence-corrected chi connectivity index (χ1v) is 6.42. The molecule has 104 valence electrons. The van der Waals surface area contributed by atoms with Crippen LogP contribution in [0, 0.1) is 0 Å². The summed E-state index contributed by atoms with van der Waals surface area (Å²) in [6.45, 7) is 0. The number of amides is 2. The first-order valence-electron chi connectivity index (χ1n) is 5.64. The number of carboxylic acids is 1. The molecule has 2 rings (SSSR count). The fourth-order valence-electron chi connectivity index (χ4n) is 1.52. The average molecular weight is 293 g/mol. The highest BCUT2D eigenvalue weighted by Gasteiger charge is 2.20. The summed E-state index contributed by atoms with van der Waals surface area (Å²) in [6.07, 6.45) is 0.192. The van der Waals surface area contributed by atoms with Crippen LogP contribution in [-0.4, -0.2) is 37.9 Å². The Morgan fingerprint density at radius 2 is 2.05 bits per heavy atom. The summed E-state index contributed by atoms with van der Waals surface area (Å²) < 4.78 is 3.48. The Labute approximate surface area is 118 Å². The van der Waals surface area contributed by atoms with E-state index in [1.165, 1.54) is 0 Å². The van der Waals surface area contributed by atoms with E-state index in [1.54, 1.807) is 24.3 Å². The molecule has 0 spiro atoms. The van der Waals surface area contributed by atoms with Gasteiger partial charge in [-0.25, -0.2) is 9.59 Å². The Morgan fingerprint density at radius 1 is 1.30 bits per heavy atom. The van der Waals surface area contributed by atoms with Crippen molar-refractivity contribution in [3.8, 4) is 0 Å². The van der Waals surface area contributed by atoms with Crippen LogP contribution in [0.2, 0.25) is 0 Å². The quantitative estimate of drug-likeness (QED) is 0.749. The number of aliphatic carboxylic acids is 1. The predicted molar refractivity (Wildman–Crippen MR) is 71.4 cm³/mol. The maximum Gasteiger partial charge on any atom is 0.326 e. The lowest BCUT2D eigenvalue weighted by molar-refractivity contribution is -0.139. The molecule has 0 saturated carbocycles. The number of aromatic nitrogens is 3. The number of carbonyl (C=O) groups excluding carboxylic acids is 1. The van der Waals surface area contributed by atoms with Gasteiger partial charge in [0.1, 0.15) is 6.04 Å². The van der Waals surface area contributed by atoms with Crippen LogP contribution in [0.4, 0.5) is 9.93 Å². The molecule has 2 aromatic rings. The third-order valence-corrected chi connectivity index (χ3v) is 2.92. The van der Waals surface area contributed by atoms with Gasteiger partial charge >= 0.3 is 12.0 Å². The fraction of sp³-hybridized carbons (Fsp3) is 0.182. The summed E-state index contributed by atoms with van der Waals surface area (Å²) in [5.74, 6) is -1.11. The number of benzene rings is 1. The predicted octanol–water partition coefficient (Wildman–Crippen LogP) is 0.750. The van der Waals surface area contributed by atoms with E-state index in [-0.39, 0.29) is 11.6 Å². The Balaban J connectivity index is 1.95. The molecule has 0 radical (unpaired) electrons. The molecule has 0 aliphatic carbocycles. The van der Waals surface area contributed by atoms with Crippen molar-refractivity contribution in [2.24, 2.45) is 0 Å². The van der Waals surface area contributed by atoms with E-state index < -0.39 is 18.0 Å². The number of hydrogen-bond acceptors (Lipinski definition) is 6. The highest BCUT2D eigenvalue weighted by Crippen LogP contribution is 2.06. The lowest BCUT2D eigenvalue weighted by Gasteiger charge is -2.14. The summed E-state index contributed by atoms with van der Waals surface area (Å²) in [4.78, 5) is 22.8. The largest absolute Gasteiger partial charge is 0.480 e. The van der Waals surface area contributed by atoms with Gasteiger partial charge in [0, 0.05) is 18.0 Å². The molecule has 0 bridgehead atoms. The average Bonchev–Trinajstić information content (AvgIpc) is 2.92. The number of carboxylic acid groups (broad SMARTS) is 1. The maximum absolute atomic E-state index is 11.6. The molecule has 1 aromatic heterocycles. The molecule has 1 aromatic carbocycles. The summed E-state index contributed by atoms with van der Waals surface area (Å²) in [6, 6.07) is 7.35. The van der Waals surface area contributed by atoms with Crippen LogP contribution in [-0.2, 0) is 11.2 Å². The van der Waals surface area contributed by atoms with E-state index in [0.29, 0.717) is 0 Å². The van der Waals surface area contributed by atoms with Crippen LogP contribution in [0.5, 0.6) is 0 Å². The number of nitrogens with zero attached hydrogens (tertiary/aromatic N) is 3. The first kappa shape index (κ1) is 13.9. The van der Waals surface area contributed by atoms with E-state index in [1.807, 2.05) is 6.07 Å². The van der Waals surface area contributed by atoms with Crippen molar-refractivity contribution in [1.29, 1.82) is 0 Å². The van der Waals surface area contributed by atoms with Gasteiger partial charge in [-0.05, 0) is 10.8 Å². The fourth-order valence-corrected chi connectivity index (χ4v) is 1.88. The molecule has 0 aliphatic rings. The zero-order chi connectivity index (χ0) is 14.4. The molecule has 3 N–H and O–H groups in total. The molecule has 8 nitrogen and oxygen atoms in total. The van der Waals surface area contributed by atoms with E-state index in [4.69, 9.17) is 5.11 Å². The van der Waals surface area contributed by atoms with Crippen LogP contribution in [0.3, 0.4) is 0 Å². The van der Waals surface area contributed by atoms with Crippen molar-refractivity contribution in [3.05, 3.63) is 35.9 Å². The second-order valence-corrected chi connectivity index (χ2v) is 4.58. The Hall–Kier alpha value is -2.55.